The van der Waals surface area contributed by atoms with Gasteiger partial charge >= 0.3 is 0 Å². The van der Waals surface area contributed by atoms with E-state index in [4.69, 9.17) is 0 Å². The van der Waals surface area contributed by atoms with Gasteiger partial charge in [-0.15, -0.1) is 11.3 Å². The number of rotatable bonds is 6. The van der Waals surface area contributed by atoms with Gasteiger partial charge in [-0.05, 0) is 72.0 Å². The molecule has 102 valence electrons. The van der Waals surface area contributed by atoms with Crippen molar-refractivity contribution < 1.29 is 0 Å². The number of halogens is 2. The third-order valence-electron chi connectivity index (χ3n) is 3.08. The van der Waals surface area contributed by atoms with Crippen LogP contribution < -0.4 is 5.32 Å². The van der Waals surface area contributed by atoms with Gasteiger partial charge in [-0.3, -0.25) is 0 Å². The molecule has 0 fully saturated rings. The maximum Gasteiger partial charge on any atom is 0.0701 e. The fourth-order valence-corrected chi connectivity index (χ4v) is 4.27. The molecule has 1 aromatic carbocycles. The number of nitrogens with one attached hydrogen (secondary N) is 1. The smallest absolute Gasteiger partial charge is 0.0701 e. The molecule has 1 nitrogen and oxygen atoms in total. The van der Waals surface area contributed by atoms with Crippen LogP contribution in [0.15, 0.2) is 44.7 Å². The predicted octanol–water partition coefficient (Wildman–Crippen LogP) is 4.89. The van der Waals surface area contributed by atoms with Crippen LogP contribution in [0.3, 0.4) is 0 Å². The summed E-state index contributed by atoms with van der Waals surface area (Å²) < 4.78 is 2.43. The lowest BCUT2D eigenvalue weighted by molar-refractivity contribution is 0.496. The minimum atomic E-state index is 0.620. The van der Waals surface area contributed by atoms with Gasteiger partial charge in [0.15, 0.2) is 0 Å². The Balaban J connectivity index is 2.06. The van der Waals surface area contributed by atoms with E-state index < -0.39 is 0 Å². The van der Waals surface area contributed by atoms with Crippen molar-refractivity contribution in [3.63, 3.8) is 0 Å². The highest BCUT2D eigenvalue weighted by Gasteiger charge is 2.13. The zero-order chi connectivity index (χ0) is 13.7. The minimum Gasteiger partial charge on any atom is -0.319 e. The Hall–Kier alpha value is -0.160. The molecule has 0 aliphatic heterocycles. The summed E-state index contributed by atoms with van der Waals surface area (Å²) in [7, 11) is 2.03. The van der Waals surface area contributed by atoms with Crippen LogP contribution >= 0.6 is 43.2 Å². The first kappa shape index (κ1) is 15.2. The molecule has 19 heavy (non-hydrogen) atoms. The van der Waals surface area contributed by atoms with Crippen LogP contribution in [0, 0.1) is 5.92 Å². The second-order valence-electron chi connectivity index (χ2n) is 4.63. The van der Waals surface area contributed by atoms with Gasteiger partial charge in [0.1, 0.15) is 0 Å². The summed E-state index contributed by atoms with van der Waals surface area (Å²) in [5, 5.41) is 3.31. The quantitative estimate of drug-likeness (QED) is 0.724. The van der Waals surface area contributed by atoms with Crippen molar-refractivity contribution in [3.8, 4) is 0 Å². The Morgan fingerprint density at radius 3 is 2.53 bits per heavy atom. The average molecular weight is 403 g/mol. The van der Waals surface area contributed by atoms with E-state index in [1.165, 1.54) is 18.7 Å². The van der Waals surface area contributed by atoms with Crippen LogP contribution in [-0.2, 0) is 12.8 Å². The van der Waals surface area contributed by atoms with Crippen molar-refractivity contribution in [2.45, 2.75) is 12.8 Å². The molecule has 0 aliphatic carbocycles. The number of hydrogen-bond donors (Lipinski definition) is 1. The Morgan fingerprint density at radius 1 is 1.11 bits per heavy atom. The van der Waals surface area contributed by atoms with Gasteiger partial charge in [0.05, 0.1) is 3.79 Å². The monoisotopic (exact) mass is 401 g/mol. The lowest BCUT2D eigenvalue weighted by Gasteiger charge is -2.16. The summed E-state index contributed by atoms with van der Waals surface area (Å²) in [5.74, 6) is 0.620. The van der Waals surface area contributed by atoms with Crippen LogP contribution in [-0.4, -0.2) is 13.6 Å². The normalized spacial score (nSPS) is 12.6. The van der Waals surface area contributed by atoms with E-state index >= 15 is 0 Å². The molecule has 0 radical (unpaired) electrons. The molecule has 2 aromatic rings. The van der Waals surface area contributed by atoms with Crippen LogP contribution in [0.2, 0.25) is 0 Å². The summed E-state index contributed by atoms with van der Waals surface area (Å²) >= 11 is 9.01. The molecule has 1 N–H and O–H groups in total. The molecule has 4 heteroatoms. The molecule has 0 bridgehead atoms. The Morgan fingerprint density at radius 2 is 1.89 bits per heavy atom. The second-order valence-corrected chi connectivity index (χ2v) is 8.03. The van der Waals surface area contributed by atoms with Gasteiger partial charge in [0.25, 0.3) is 0 Å². The molecular weight excluding hydrogens is 386 g/mol. The molecule has 1 atom stereocenters. The second kappa shape index (κ2) is 7.58. The SMILES string of the molecule is CNCC(Cc1ccc(Br)s1)Cc1ccccc1Br. The highest BCUT2D eigenvalue weighted by atomic mass is 79.9. The molecule has 0 amide bonds. The van der Waals surface area contributed by atoms with E-state index in [1.807, 2.05) is 18.4 Å². The van der Waals surface area contributed by atoms with E-state index in [1.54, 1.807) is 0 Å². The van der Waals surface area contributed by atoms with Gasteiger partial charge in [-0.25, -0.2) is 0 Å². The average Bonchev–Trinajstić information content (AvgIpc) is 2.78. The van der Waals surface area contributed by atoms with Crippen molar-refractivity contribution in [1.29, 1.82) is 0 Å². The van der Waals surface area contributed by atoms with E-state index in [9.17, 15) is 0 Å². The predicted molar refractivity (Wildman–Crippen MR) is 91.0 cm³/mol. The van der Waals surface area contributed by atoms with Crippen LogP contribution in [0.5, 0.6) is 0 Å². The summed E-state index contributed by atoms with van der Waals surface area (Å²) in [6, 6.07) is 12.9. The van der Waals surface area contributed by atoms with Crippen molar-refractivity contribution in [2.75, 3.05) is 13.6 Å². The summed E-state index contributed by atoms with van der Waals surface area (Å²) in [6.07, 6.45) is 2.22. The van der Waals surface area contributed by atoms with Crippen molar-refractivity contribution in [1.82, 2.24) is 5.32 Å². The lowest BCUT2D eigenvalue weighted by Crippen LogP contribution is -2.22. The number of benzene rings is 1. The highest BCUT2D eigenvalue weighted by Crippen LogP contribution is 2.26. The van der Waals surface area contributed by atoms with Crippen LogP contribution in [0.1, 0.15) is 10.4 Å². The van der Waals surface area contributed by atoms with Crippen LogP contribution in [0.4, 0.5) is 0 Å². The Kier molecular flexibility index (Phi) is 6.07. The molecule has 1 aromatic heterocycles. The zero-order valence-electron chi connectivity index (χ0n) is 10.8. The number of thiophene rings is 1. The largest absolute Gasteiger partial charge is 0.319 e. The Labute approximate surface area is 135 Å². The minimum absolute atomic E-state index is 0.620. The van der Waals surface area contributed by atoms with Crippen molar-refractivity contribution in [3.05, 3.63) is 55.1 Å². The molecule has 0 aliphatic rings. The van der Waals surface area contributed by atoms with E-state index in [-0.39, 0.29) is 0 Å². The van der Waals surface area contributed by atoms with Gasteiger partial charge in [-0.1, -0.05) is 34.1 Å². The third kappa shape index (κ3) is 4.71. The van der Waals surface area contributed by atoms with Gasteiger partial charge < -0.3 is 5.32 Å². The zero-order valence-corrected chi connectivity index (χ0v) is 14.8. The molecule has 0 saturated heterocycles. The summed E-state index contributed by atoms with van der Waals surface area (Å²) in [6.45, 7) is 1.04. The summed E-state index contributed by atoms with van der Waals surface area (Å²) in [5.41, 5.74) is 1.39. The van der Waals surface area contributed by atoms with Gasteiger partial charge in [-0.2, -0.15) is 0 Å². The first-order valence-corrected chi connectivity index (χ1v) is 8.71. The third-order valence-corrected chi connectivity index (χ3v) is 5.50. The maximum atomic E-state index is 3.64. The molecule has 2 rings (SSSR count). The molecule has 1 unspecified atom stereocenters. The standard InChI is InChI=1S/C15H17Br2NS/c1-18-10-11(9-13-6-7-15(17)19-13)8-12-4-2-3-5-14(12)16/h2-7,11,18H,8-10H2,1H3. The number of hydrogen-bond acceptors (Lipinski definition) is 2. The lowest BCUT2D eigenvalue weighted by atomic mass is 9.95. The van der Waals surface area contributed by atoms with Crippen molar-refractivity contribution >= 4 is 43.2 Å². The molecular formula is C15H17Br2NS. The van der Waals surface area contributed by atoms with Crippen LogP contribution in [0.25, 0.3) is 0 Å². The first-order chi connectivity index (χ1) is 9.19. The molecule has 1 heterocycles. The van der Waals surface area contributed by atoms with E-state index in [0.717, 1.165) is 19.4 Å². The highest BCUT2D eigenvalue weighted by molar-refractivity contribution is 9.11. The van der Waals surface area contributed by atoms with E-state index in [0.29, 0.717) is 5.92 Å². The van der Waals surface area contributed by atoms with E-state index in [2.05, 4.69) is 73.6 Å². The fraction of sp³-hybridized carbons (Fsp3) is 0.333. The fourth-order valence-electron chi connectivity index (χ4n) is 2.23. The van der Waals surface area contributed by atoms with Crippen molar-refractivity contribution in [2.24, 2.45) is 5.92 Å². The van der Waals surface area contributed by atoms with Gasteiger partial charge in [0.2, 0.25) is 0 Å². The van der Waals surface area contributed by atoms with Gasteiger partial charge in [0, 0.05) is 9.35 Å². The Bertz CT molecular complexity index is 524. The first-order valence-electron chi connectivity index (χ1n) is 6.31. The molecule has 0 spiro atoms. The molecule has 0 saturated carbocycles. The maximum absolute atomic E-state index is 3.64. The summed E-state index contributed by atoms with van der Waals surface area (Å²) in [4.78, 5) is 1.44. The topological polar surface area (TPSA) is 12.0 Å².